The van der Waals surface area contributed by atoms with Crippen LogP contribution in [0.4, 0.5) is 0 Å². The van der Waals surface area contributed by atoms with Gasteiger partial charge in [0.15, 0.2) is 0 Å². The Kier molecular flexibility index (Phi) is 3.80. The lowest BCUT2D eigenvalue weighted by atomic mass is 10.0. The van der Waals surface area contributed by atoms with Crippen LogP contribution in [0.15, 0.2) is 60.9 Å². The van der Waals surface area contributed by atoms with Gasteiger partial charge in [-0.15, -0.1) is 0 Å². The Bertz CT molecular complexity index is 801. The quantitative estimate of drug-likeness (QED) is 0.737. The third kappa shape index (κ3) is 2.79. The predicted molar refractivity (Wildman–Crippen MR) is 84.2 cm³/mol. The molecule has 0 atom stereocenters. The molecule has 1 aromatic heterocycles. The summed E-state index contributed by atoms with van der Waals surface area (Å²) >= 11 is 0. The van der Waals surface area contributed by atoms with E-state index in [0.717, 1.165) is 28.0 Å². The van der Waals surface area contributed by atoms with Crippen LogP contribution in [0, 0.1) is 11.3 Å². The summed E-state index contributed by atoms with van der Waals surface area (Å²) in [5.74, 6) is 1.02. The highest BCUT2D eigenvalue weighted by molar-refractivity contribution is 5.70. The molecule has 2 aromatic carbocycles. The highest BCUT2D eigenvalue weighted by Crippen LogP contribution is 2.25. The van der Waals surface area contributed by atoms with E-state index in [1.54, 1.807) is 19.5 Å². The number of methoxy groups -OCH3 is 1. The maximum Gasteiger partial charge on any atom is 0.232 e. The summed E-state index contributed by atoms with van der Waals surface area (Å²) in [5.41, 5.74) is 4.16. The van der Waals surface area contributed by atoms with Crippen LogP contribution in [-0.2, 0) is 0 Å². The van der Waals surface area contributed by atoms with Gasteiger partial charge < -0.3 is 4.74 Å². The molecule has 0 aliphatic carbocycles. The second-order valence-electron chi connectivity index (χ2n) is 4.71. The fourth-order valence-electron chi connectivity index (χ4n) is 2.17. The molecule has 1 heterocycles. The molecular weight excluding hydrogens is 274 g/mol. The molecule has 0 aliphatic heterocycles. The number of hydrogen-bond acceptors (Lipinski definition) is 4. The van der Waals surface area contributed by atoms with Gasteiger partial charge in [0.25, 0.3) is 0 Å². The lowest BCUT2D eigenvalue weighted by Crippen LogP contribution is -1.89. The Labute approximate surface area is 128 Å². The van der Waals surface area contributed by atoms with E-state index in [4.69, 9.17) is 10.00 Å². The first-order valence-corrected chi connectivity index (χ1v) is 6.77. The number of rotatable bonds is 3. The largest absolute Gasteiger partial charge is 0.497 e. The van der Waals surface area contributed by atoms with Crippen molar-refractivity contribution in [3.8, 4) is 34.1 Å². The van der Waals surface area contributed by atoms with Crippen molar-refractivity contribution in [2.24, 2.45) is 0 Å². The summed E-state index contributed by atoms with van der Waals surface area (Å²) in [6, 6.07) is 18.0. The van der Waals surface area contributed by atoms with Gasteiger partial charge in [0.1, 0.15) is 11.8 Å². The molecule has 0 aliphatic rings. The van der Waals surface area contributed by atoms with Gasteiger partial charge in [-0.2, -0.15) is 5.26 Å². The van der Waals surface area contributed by atoms with Crippen LogP contribution < -0.4 is 4.74 Å². The standard InChI is InChI=1S/C18H13N3O/c1-22-17-8-6-14(7-9-17)13-2-4-15(5-3-13)16-11-20-18(10-19)21-12-16/h2-9,11-12H,1H3. The third-order valence-corrected chi connectivity index (χ3v) is 3.39. The molecule has 0 unspecified atom stereocenters. The first kappa shape index (κ1) is 13.8. The van der Waals surface area contributed by atoms with Crippen molar-refractivity contribution < 1.29 is 4.74 Å². The van der Waals surface area contributed by atoms with Gasteiger partial charge in [-0.1, -0.05) is 36.4 Å². The number of nitriles is 1. The Hall–Kier alpha value is -3.19. The summed E-state index contributed by atoms with van der Waals surface area (Å²) in [6.45, 7) is 0. The van der Waals surface area contributed by atoms with E-state index < -0.39 is 0 Å². The van der Waals surface area contributed by atoms with Crippen molar-refractivity contribution >= 4 is 0 Å². The monoisotopic (exact) mass is 287 g/mol. The van der Waals surface area contributed by atoms with E-state index >= 15 is 0 Å². The summed E-state index contributed by atoms with van der Waals surface area (Å²) < 4.78 is 5.16. The van der Waals surface area contributed by atoms with Crippen molar-refractivity contribution in [1.29, 1.82) is 5.26 Å². The number of nitrogens with zero attached hydrogens (tertiary/aromatic N) is 3. The van der Waals surface area contributed by atoms with Crippen LogP contribution in [0.1, 0.15) is 5.82 Å². The molecule has 22 heavy (non-hydrogen) atoms. The minimum Gasteiger partial charge on any atom is -0.497 e. The molecular formula is C18H13N3O. The third-order valence-electron chi connectivity index (χ3n) is 3.39. The van der Waals surface area contributed by atoms with Gasteiger partial charge in [-0.05, 0) is 28.8 Å². The SMILES string of the molecule is COc1ccc(-c2ccc(-c3cnc(C#N)nc3)cc2)cc1. The molecule has 0 fully saturated rings. The van der Waals surface area contributed by atoms with E-state index in [1.807, 2.05) is 42.5 Å². The predicted octanol–water partition coefficient (Wildman–Crippen LogP) is 3.69. The van der Waals surface area contributed by atoms with Crippen molar-refractivity contribution in [2.75, 3.05) is 7.11 Å². The summed E-state index contributed by atoms with van der Waals surface area (Å²) in [6.07, 6.45) is 3.32. The van der Waals surface area contributed by atoms with E-state index in [-0.39, 0.29) is 5.82 Å². The van der Waals surface area contributed by atoms with Crippen molar-refractivity contribution in [3.63, 3.8) is 0 Å². The van der Waals surface area contributed by atoms with Crippen LogP contribution in [0.25, 0.3) is 22.3 Å². The molecule has 0 N–H and O–H groups in total. The zero-order valence-electron chi connectivity index (χ0n) is 12.0. The van der Waals surface area contributed by atoms with Crippen molar-refractivity contribution in [2.45, 2.75) is 0 Å². The highest BCUT2D eigenvalue weighted by atomic mass is 16.5. The maximum atomic E-state index is 8.71. The lowest BCUT2D eigenvalue weighted by molar-refractivity contribution is 0.415. The zero-order chi connectivity index (χ0) is 15.4. The van der Waals surface area contributed by atoms with Crippen molar-refractivity contribution in [1.82, 2.24) is 9.97 Å². The lowest BCUT2D eigenvalue weighted by Gasteiger charge is -2.06. The molecule has 3 rings (SSSR count). The second-order valence-corrected chi connectivity index (χ2v) is 4.71. The average Bonchev–Trinajstić information content (AvgIpc) is 2.62. The summed E-state index contributed by atoms with van der Waals surface area (Å²) in [7, 11) is 1.66. The van der Waals surface area contributed by atoms with Crippen LogP contribution in [0.2, 0.25) is 0 Å². The van der Waals surface area contributed by atoms with Crippen LogP contribution in [-0.4, -0.2) is 17.1 Å². The fourth-order valence-corrected chi connectivity index (χ4v) is 2.17. The summed E-state index contributed by atoms with van der Waals surface area (Å²) in [4.78, 5) is 7.97. The van der Waals surface area contributed by atoms with Gasteiger partial charge in [0, 0.05) is 18.0 Å². The number of benzene rings is 2. The molecule has 0 saturated carbocycles. The normalized spacial score (nSPS) is 10.0. The van der Waals surface area contributed by atoms with Crippen LogP contribution >= 0.6 is 0 Å². The van der Waals surface area contributed by atoms with E-state index in [9.17, 15) is 0 Å². The molecule has 4 heteroatoms. The van der Waals surface area contributed by atoms with Gasteiger partial charge >= 0.3 is 0 Å². The Morgan fingerprint density at radius 1 is 0.773 bits per heavy atom. The Morgan fingerprint density at radius 2 is 1.23 bits per heavy atom. The minimum atomic E-state index is 0.179. The van der Waals surface area contributed by atoms with Gasteiger partial charge in [0.2, 0.25) is 5.82 Å². The first-order valence-electron chi connectivity index (χ1n) is 6.77. The highest BCUT2D eigenvalue weighted by Gasteiger charge is 2.02. The number of ether oxygens (including phenoxy) is 1. The van der Waals surface area contributed by atoms with E-state index in [2.05, 4.69) is 22.1 Å². The smallest absolute Gasteiger partial charge is 0.232 e. The fraction of sp³-hybridized carbons (Fsp3) is 0.0556. The van der Waals surface area contributed by atoms with Crippen LogP contribution in [0.3, 0.4) is 0 Å². The molecule has 0 spiro atoms. The average molecular weight is 287 g/mol. The molecule has 0 bridgehead atoms. The number of aromatic nitrogens is 2. The van der Waals surface area contributed by atoms with Gasteiger partial charge in [0.05, 0.1) is 7.11 Å². The molecule has 3 aromatic rings. The maximum absolute atomic E-state index is 8.71. The molecule has 4 nitrogen and oxygen atoms in total. The van der Waals surface area contributed by atoms with E-state index in [1.165, 1.54) is 0 Å². The summed E-state index contributed by atoms with van der Waals surface area (Å²) in [5, 5.41) is 8.71. The molecule has 0 radical (unpaired) electrons. The van der Waals surface area contributed by atoms with Gasteiger partial charge in [-0.25, -0.2) is 9.97 Å². The van der Waals surface area contributed by atoms with Crippen molar-refractivity contribution in [3.05, 3.63) is 66.7 Å². The number of hydrogen-bond donors (Lipinski definition) is 0. The molecule has 0 saturated heterocycles. The second kappa shape index (κ2) is 6.06. The van der Waals surface area contributed by atoms with E-state index in [0.29, 0.717) is 0 Å². The molecule has 0 amide bonds. The Balaban J connectivity index is 1.86. The van der Waals surface area contributed by atoms with Gasteiger partial charge in [-0.3, -0.25) is 0 Å². The first-order chi connectivity index (χ1) is 10.8. The zero-order valence-corrected chi connectivity index (χ0v) is 12.0. The topological polar surface area (TPSA) is 58.8 Å². The Morgan fingerprint density at radius 3 is 1.68 bits per heavy atom. The molecule has 106 valence electrons. The minimum absolute atomic E-state index is 0.179. The van der Waals surface area contributed by atoms with Crippen LogP contribution in [0.5, 0.6) is 5.75 Å².